The van der Waals surface area contributed by atoms with Crippen molar-refractivity contribution >= 4 is 5.69 Å². The summed E-state index contributed by atoms with van der Waals surface area (Å²) in [5, 5.41) is 0. The van der Waals surface area contributed by atoms with Crippen LogP contribution in [0.5, 0.6) is 0 Å². The van der Waals surface area contributed by atoms with Crippen molar-refractivity contribution in [1.29, 1.82) is 0 Å². The number of benzene rings is 1. The van der Waals surface area contributed by atoms with Crippen LogP contribution in [0.25, 0.3) is 0 Å². The first-order chi connectivity index (χ1) is 7.71. The number of halogens is 4. The third-order valence-electron chi connectivity index (χ3n) is 3.03. The monoisotopic (exact) mass is 248 g/mol. The van der Waals surface area contributed by atoms with Crippen molar-refractivity contribution in [2.75, 3.05) is 19.0 Å². The van der Waals surface area contributed by atoms with Gasteiger partial charge in [0.1, 0.15) is 5.54 Å². The highest BCUT2D eigenvalue weighted by Crippen LogP contribution is 2.59. The summed E-state index contributed by atoms with van der Waals surface area (Å²) in [4.78, 5) is 1.25. The molecule has 0 saturated heterocycles. The van der Waals surface area contributed by atoms with Gasteiger partial charge in [-0.3, -0.25) is 0 Å². The second-order valence-corrected chi connectivity index (χ2v) is 4.50. The zero-order chi connectivity index (χ0) is 13.0. The fourth-order valence-electron chi connectivity index (χ4n) is 1.94. The number of hydrogen-bond acceptors (Lipinski definition) is 2. The summed E-state index contributed by atoms with van der Waals surface area (Å²) in [6.07, 6.45) is -0.550. The summed E-state index contributed by atoms with van der Waals surface area (Å²) in [6.45, 7) is 0. The van der Waals surface area contributed by atoms with E-state index in [0.29, 0.717) is 0 Å². The second kappa shape index (κ2) is 3.35. The molecule has 1 aromatic carbocycles. The molecule has 1 aromatic rings. The van der Waals surface area contributed by atoms with Gasteiger partial charge in [-0.15, -0.1) is 0 Å². The van der Waals surface area contributed by atoms with Crippen LogP contribution in [0.4, 0.5) is 23.2 Å². The van der Waals surface area contributed by atoms with E-state index in [1.54, 1.807) is 0 Å². The molecular formula is C11H12F4N2. The molecular weight excluding hydrogens is 236 g/mol. The van der Waals surface area contributed by atoms with Gasteiger partial charge in [0.25, 0.3) is 5.92 Å². The molecule has 0 bridgehead atoms. The summed E-state index contributed by atoms with van der Waals surface area (Å²) < 4.78 is 53.1. The average Bonchev–Trinajstić information content (AvgIpc) is 2.70. The molecule has 0 aromatic heterocycles. The van der Waals surface area contributed by atoms with Crippen LogP contribution < -0.4 is 10.6 Å². The maximum atomic E-state index is 13.6. The Kier molecular flexibility index (Phi) is 2.40. The van der Waals surface area contributed by atoms with Crippen molar-refractivity contribution in [2.24, 2.45) is 5.73 Å². The van der Waals surface area contributed by atoms with Crippen LogP contribution in [0, 0.1) is 11.6 Å². The zero-order valence-electron chi connectivity index (χ0n) is 9.40. The SMILES string of the molecule is CN(C)c1c(C2(N)CC2(F)F)ccc(F)c1F. The zero-order valence-corrected chi connectivity index (χ0v) is 9.40. The fourth-order valence-corrected chi connectivity index (χ4v) is 1.94. The number of rotatable bonds is 2. The van der Waals surface area contributed by atoms with Crippen molar-refractivity contribution in [1.82, 2.24) is 0 Å². The summed E-state index contributed by atoms with van der Waals surface area (Å²) in [6, 6.07) is 1.94. The summed E-state index contributed by atoms with van der Waals surface area (Å²) in [5.41, 5.74) is 3.37. The van der Waals surface area contributed by atoms with Crippen LogP contribution in [-0.2, 0) is 5.54 Å². The first kappa shape index (κ1) is 12.2. The van der Waals surface area contributed by atoms with Crippen LogP contribution in [0.2, 0.25) is 0 Å². The van der Waals surface area contributed by atoms with Crippen LogP contribution in [0.3, 0.4) is 0 Å². The van der Waals surface area contributed by atoms with Crippen LogP contribution in [0.1, 0.15) is 12.0 Å². The highest BCUT2D eigenvalue weighted by atomic mass is 19.3. The van der Waals surface area contributed by atoms with E-state index >= 15 is 0 Å². The Morgan fingerprint density at radius 1 is 1.24 bits per heavy atom. The van der Waals surface area contributed by atoms with E-state index in [4.69, 9.17) is 5.73 Å². The molecule has 1 atom stereocenters. The van der Waals surface area contributed by atoms with Gasteiger partial charge < -0.3 is 10.6 Å². The Morgan fingerprint density at radius 3 is 2.18 bits per heavy atom. The molecule has 17 heavy (non-hydrogen) atoms. The lowest BCUT2D eigenvalue weighted by Gasteiger charge is -2.22. The van der Waals surface area contributed by atoms with Gasteiger partial charge in [-0.2, -0.15) is 0 Å². The molecule has 1 fully saturated rings. The van der Waals surface area contributed by atoms with E-state index in [0.717, 1.165) is 12.1 Å². The molecule has 0 amide bonds. The standard InChI is InChI=1S/C11H12F4N2/c1-17(2)9-6(3-4-7(12)8(9)13)10(16)5-11(10,14)15/h3-4H,5,16H2,1-2H3. The quantitative estimate of drug-likeness (QED) is 0.813. The van der Waals surface area contributed by atoms with Crippen molar-refractivity contribution in [3.8, 4) is 0 Å². The van der Waals surface area contributed by atoms with Crippen LogP contribution in [-0.4, -0.2) is 20.0 Å². The number of hydrogen-bond donors (Lipinski definition) is 1. The highest BCUT2D eigenvalue weighted by Gasteiger charge is 2.70. The first-order valence-corrected chi connectivity index (χ1v) is 5.03. The molecule has 0 heterocycles. The molecule has 2 N–H and O–H groups in total. The van der Waals surface area contributed by atoms with Gasteiger partial charge in [-0.25, -0.2) is 17.6 Å². The lowest BCUT2D eigenvalue weighted by molar-refractivity contribution is 0.0891. The van der Waals surface area contributed by atoms with E-state index in [-0.39, 0.29) is 11.3 Å². The van der Waals surface area contributed by atoms with Crippen LogP contribution in [0.15, 0.2) is 12.1 Å². The number of nitrogens with two attached hydrogens (primary N) is 1. The summed E-state index contributed by atoms with van der Waals surface area (Å²) in [5.74, 6) is -5.30. The van der Waals surface area contributed by atoms with Gasteiger partial charge in [0.15, 0.2) is 11.6 Å². The predicted molar refractivity (Wildman–Crippen MR) is 56.1 cm³/mol. The van der Waals surface area contributed by atoms with Gasteiger partial charge in [0.05, 0.1) is 5.69 Å². The summed E-state index contributed by atoms with van der Waals surface area (Å²) >= 11 is 0. The van der Waals surface area contributed by atoms with Crippen molar-refractivity contribution in [3.63, 3.8) is 0 Å². The molecule has 1 saturated carbocycles. The van der Waals surface area contributed by atoms with Gasteiger partial charge in [-0.1, -0.05) is 6.07 Å². The molecule has 94 valence electrons. The third-order valence-corrected chi connectivity index (χ3v) is 3.03. The maximum absolute atomic E-state index is 13.6. The highest BCUT2D eigenvalue weighted by molar-refractivity contribution is 5.60. The van der Waals surface area contributed by atoms with E-state index < -0.39 is 29.5 Å². The Balaban J connectivity index is 2.60. The number of anilines is 1. The van der Waals surface area contributed by atoms with E-state index in [1.165, 1.54) is 19.0 Å². The third kappa shape index (κ3) is 1.58. The van der Waals surface area contributed by atoms with Gasteiger partial charge in [0.2, 0.25) is 0 Å². The van der Waals surface area contributed by atoms with E-state index in [9.17, 15) is 17.6 Å². The lowest BCUT2D eigenvalue weighted by atomic mass is 10.0. The lowest BCUT2D eigenvalue weighted by Crippen LogP contribution is -2.30. The number of alkyl halides is 2. The normalized spacial score (nSPS) is 25.8. The Morgan fingerprint density at radius 2 is 1.76 bits per heavy atom. The van der Waals surface area contributed by atoms with Crippen molar-refractivity contribution < 1.29 is 17.6 Å². The smallest absolute Gasteiger partial charge is 0.272 e. The predicted octanol–water partition coefficient (Wildman–Crippen LogP) is 2.22. The second-order valence-electron chi connectivity index (χ2n) is 4.50. The Hall–Kier alpha value is -1.30. The van der Waals surface area contributed by atoms with E-state index in [2.05, 4.69) is 0 Å². The van der Waals surface area contributed by atoms with Gasteiger partial charge >= 0.3 is 0 Å². The minimum atomic E-state index is -3.07. The van der Waals surface area contributed by atoms with Gasteiger partial charge in [-0.05, 0) is 6.07 Å². The molecule has 0 aliphatic heterocycles. The molecule has 0 spiro atoms. The minimum absolute atomic E-state index is 0.0635. The molecule has 1 aliphatic carbocycles. The van der Waals surface area contributed by atoms with Crippen LogP contribution >= 0.6 is 0 Å². The van der Waals surface area contributed by atoms with Crippen molar-refractivity contribution in [2.45, 2.75) is 17.9 Å². The number of nitrogens with zero attached hydrogens (tertiary/aromatic N) is 1. The molecule has 0 radical (unpaired) electrons. The largest absolute Gasteiger partial charge is 0.375 e. The maximum Gasteiger partial charge on any atom is 0.272 e. The molecule has 1 aliphatic rings. The summed E-state index contributed by atoms with van der Waals surface area (Å²) in [7, 11) is 2.90. The van der Waals surface area contributed by atoms with E-state index in [1.807, 2.05) is 0 Å². The van der Waals surface area contributed by atoms with Crippen molar-refractivity contribution in [3.05, 3.63) is 29.3 Å². The van der Waals surface area contributed by atoms with Gasteiger partial charge in [0, 0.05) is 26.1 Å². The fraction of sp³-hybridized carbons (Fsp3) is 0.455. The first-order valence-electron chi connectivity index (χ1n) is 5.03. The molecule has 2 rings (SSSR count). The molecule has 2 nitrogen and oxygen atoms in total. The molecule has 1 unspecified atom stereocenters. The average molecular weight is 248 g/mol. The topological polar surface area (TPSA) is 29.3 Å². The molecule has 6 heteroatoms. The Labute approximate surface area is 96.0 Å². The Bertz CT molecular complexity index is 473. The minimum Gasteiger partial charge on any atom is -0.375 e.